The van der Waals surface area contributed by atoms with E-state index in [1.807, 2.05) is 0 Å². The summed E-state index contributed by atoms with van der Waals surface area (Å²) >= 11 is 0. The van der Waals surface area contributed by atoms with Crippen LogP contribution >= 0.6 is 0 Å². The van der Waals surface area contributed by atoms with Crippen LogP contribution < -0.4 is 38.0 Å². The summed E-state index contributed by atoms with van der Waals surface area (Å²) in [5, 5.41) is 44.5. The quantitative estimate of drug-likeness (QED) is 0.316. The van der Waals surface area contributed by atoms with Crippen LogP contribution in [0.4, 0.5) is 0 Å². The first-order chi connectivity index (χ1) is 10.9. The van der Waals surface area contributed by atoms with E-state index < -0.39 is 66.1 Å². The van der Waals surface area contributed by atoms with Gasteiger partial charge in [0.1, 0.15) is 0 Å². The van der Waals surface area contributed by atoms with Crippen LogP contribution in [0.1, 0.15) is 44.9 Å². The number of quaternary nitrogens is 1. The molecule has 8 N–H and O–H groups in total. The first kappa shape index (κ1) is 26.5. The zero-order chi connectivity index (χ0) is 18.8. The van der Waals surface area contributed by atoms with Crippen LogP contribution in [0.5, 0.6) is 0 Å². The molecule has 2 unspecified atom stereocenters. The van der Waals surface area contributed by atoms with Gasteiger partial charge in [-0.1, -0.05) is 6.42 Å². The van der Waals surface area contributed by atoms with Crippen molar-refractivity contribution in [3.8, 4) is 0 Å². The average Bonchev–Trinajstić information content (AvgIpc) is 2.33. The van der Waals surface area contributed by atoms with Crippen LogP contribution in [0.2, 0.25) is 0 Å². The van der Waals surface area contributed by atoms with Crippen molar-refractivity contribution >= 4 is 23.9 Å². The molecule has 1 rings (SSSR count). The first-order valence-corrected chi connectivity index (χ1v) is 7.25. The minimum Gasteiger partial charge on any atom is -0.550 e. The fraction of sp³-hybridized carbons (Fsp3) is 0.714. The van der Waals surface area contributed by atoms with Crippen molar-refractivity contribution in [3.05, 3.63) is 0 Å². The Morgan fingerprint density at radius 3 is 1.46 bits per heavy atom. The Morgan fingerprint density at radius 2 is 1.12 bits per heavy atom. The predicted molar refractivity (Wildman–Crippen MR) is 74.6 cm³/mol. The molecule has 1 fully saturated rings. The molecule has 0 bridgehead atoms. The summed E-state index contributed by atoms with van der Waals surface area (Å²) in [6.07, 6.45) is -3.68. The van der Waals surface area contributed by atoms with E-state index in [2.05, 4.69) is 0 Å². The Bertz CT molecular complexity index is 556. The molecule has 149 valence electrons. The first-order valence-electron chi connectivity index (χ1n) is 7.25. The van der Waals surface area contributed by atoms with Crippen LogP contribution in [0.25, 0.3) is 0 Å². The second kappa shape index (κ2) is 9.28. The second-order valence-electron chi connectivity index (χ2n) is 6.46. The van der Waals surface area contributed by atoms with E-state index >= 15 is 0 Å². The normalized spacial score (nSPS) is 26.7. The second-order valence-corrected chi connectivity index (χ2v) is 6.46. The Labute approximate surface area is 160 Å². The van der Waals surface area contributed by atoms with Crippen molar-refractivity contribution in [2.24, 2.45) is 16.9 Å². The molecular weight excluding hydrogens is 394 g/mol. The number of carboxylic acids is 4. The van der Waals surface area contributed by atoms with Gasteiger partial charge in [-0.25, -0.2) is 0 Å². The zero-order valence-electron chi connectivity index (χ0n) is 14.2. The molecule has 11 nitrogen and oxygen atoms in total. The Hall–Kier alpha value is -1.72. The number of carbonyl (C=O) groups excluding carboxylic acids is 4. The maximum absolute atomic E-state index is 11.2. The van der Waals surface area contributed by atoms with Crippen molar-refractivity contribution in [1.29, 1.82) is 0 Å². The van der Waals surface area contributed by atoms with Gasteiger partial charge in [-0.15, -0.1) is 0 Å². The van der Waals surface area contributed by atoms with Crippen LogP contribution in [-0.4, -0.2) is 35.0 Å². The molecule has 1 radical (unpaired) electrons. The summed E-state index contributed by atoms with van der Waals surface area (Å²) in [5.41, 5.74) is 6.26. The van der Waals surface area contributed by atoms with E-state index in [-0.39, 0.29) is 42.5 Å². The molecule has 0 aliphatic heterocycles. The summed E-state index contributed by atoms with van der Waals surface area (Å²) in [5.74, 6) is -6.67. The van der Waals surface area contributed by atoms with E-state index in [0.717, 1.165) is 0 Å². The predicted octanol–water partition coefficient (Wildman–Crippen LogP) is -5.51. The Kier molecular flexibility index (Phi) is 9.47. The smallest absolute Gasteiger partial charge is 0.550 e. The maximum atomic E-state index is 11.2. The van der Waals surface area contributed by atoms with Crippen LogP contribution in [-0.2, 0) is 36.2 Å². The number of nitrogens with two attached hydrogens (primary N) is 2. The third kappa shape index (κ3) is 5.15. The molecule has 0 heterocycles. The van der Waals surface area contributed by atoms with E-state index in [0.29, 0.717) is 0 Å². The molecule has 0 spiro atoms. The maximum Gasteiger partial charge on any atom is 3.00 e. The molecular formula is C14H22FeN3O8. The van der Waals surface area contributed by atoms with Crippen molar-refractivity contribution in [2.45, 2.75) is 56.0 Å². The molecule has 0 amide bonds. The van der Waals surface area contributed by atoms with Gasteiger partial charge in [-0.3, -0.25) is 0 Å². The van der Waals surface area contributed by atoms with E-state index in [4.69, 9.17) is 11.5 Å². The molecule has 1 aliphatic rings. The van der Waals surface area contributed by atoms with Crippen molar-refractivity contribution in [1.82, 2.24) is 6.15 Å². The SMILES string of the molecule is NC1(CC(=O)[O-])CCCC(CC(=O)[O-])(CC(=O)[O-])C1(N)CC(=O)[O-].[Fe+3].[NH4+]. The molecule has 12 heteroatoms. The summed E-state index contributed by atoms with van der Waals surface area (Å²) in [6, 6.07) is 0. The number of hydrogen-bond donors (Lipinski definition) is 3. The van der Waals surface area contributed by atoms with Gasteiger partial charge in [0, 0.05) is 53.2 Å². The van der Waals surface area contributed by atoms with Gasteiger partial charge >= 0.3 is 17.1 Å². The average molecular weight is 416 g/mol. The summed E-state index contributed by atoms with van der Waals surface area (Å²) in [6.45, 7) is 0. The van der Waals surface area contributed by atoms with E-state index in [1.165, 1.54) is 0 Å². The van der Waals surface area contributed by atoms with Gasteiger partial charge in [0.2, 0.25) is 0 Å². The van der Waals surface area contributed by atoms with Gasteiger partial charge in [0.05, 0.1) is 0 Å². The van der Waals surface area contributed by atoms with Gasteiger partial charge in [-0.2, -0.15) is 0 Å². The summed E-state index contributed by atoms with van der Waals surface area (Å²) in [7, 11) is 0. The molecule has 1 saturated carbocycles. The van der Waals surface area contributed by atoms with E-state index in [9.17, 15) is 39.6 Å². The fourth-order valence-electron chi connectivity index (χ4n) is 3.92. The van der Waals surface area contributed by atoms with Crippen LogP contribution in [0.15, 0.2) is 0 Å². The van der Waals surface area contributed by atoms with E-state index in [1.54, 1.807) is 0 Å². The number of rotatable bonds is 8. The molecule has 2 atom stereocenters. The van der Waals surface area contributed by atoms with Crippen molar-refractivity contribution in [3.63, 3.8) is 0 Å². The molecule has 0 aromatic rings. The largest absolute Gasteiger partial charge is 3.00 e. The molecule has 0 aromatic carbocycles. The zero-order valence-corrected chi connectivity index (χ0v) is 15.3. The van der Waals surface area contributed by atoms with Gasteiger partial charge in [0.25, 0.3) is 0 Å². The minimum absolute atomic E-state index is 0. The third-order valence-electron chi connectivity index (χ3n) is 4.96. The standard InChI is InChI=1S/C14H22N2O8.Fe.H3N/c15-13(6-10(21)22)3-1-2-12(4-8(17)18,5-9(19)20)14(13,16)7-11(23)24;;/h1-7,15-16H2,(H,17,18)(H,19,20)(H,21,22)(H,23,24);;1H3/q;+3;/p-3. The summed E-state index contributed by atoms with van der Waals surface area (Å²) < 4.78 is 0. The molecule has 26 heavy (non-hydrogen) atoms. The fourth-order valence-corrected chi connectivity index (χ4v) is 3.92. The Balaban J connectivity index is 0. The number of hydrogen-bond acceptors (Lipinski definition) is 10. The molecule has 0 aromatic heterocycles. The molecule has 1 aliphatic carbocycles. The van der Waals surface area contributed by atoms with Gasteiger partial charge < -0.3 is 57.2 Å². The van der Waals surface area contributed by atoms with Crippen molar-refractivity contribution in [2.75, 3.05) is 0 Å². The molecule has 0 saturated heterocycles. The van der Waals surface area contributed by atoms with Gasteiger partial charge in [-0.05, 0) is 25.7 Å². The number of carboxylic acid groups (broad SMARTS) is 4. The van der Waals surface area contributed by atoms with Gasteiger partial charge in [0.15, 0.2) is 0 Å². The van der Waals surface area contributed by atoms with Crippen molar-refractivity contribution < 1.29 is 56.7 Å². The number of carbonyl (C=O) groups is 4. The topological polar surface area (TPSA) is 249 Å². The Morgan fingerprint density at radius 1 is 0.731 bits per heavy atom. The third-order valence-corrected chi connectivity index (χ3v) is 4.96. The minimum atomic E-state index is -2.18. The van der Waals surface area contributed by atoms with Crippen LogP contribution in [0, 0.1) is 5.41 Å². The number of aliphatic carboxylic acids is 4. The van der Waals surface area contributed by atoms with Crippen LogP contribution in [0.3, 0.4) is 0 Å². The summed E-state index contributed by atoms with van der Waals surface area (Å²) in [4.78, 5) is 44.5. The monoisotopic (exact) mass is 416 g/mol.